The molecule has 1 heterocycles. The molecule has 0 aliphatic heterocycles. The summed E-state index contributed by atoms with van der Waals surface area (Å²) in [5.74, 6) is -0.429. The third kappa shape index (κ3) is 6.15. The molecular formula is C22H18ClN5O3S2. The second-order valence-corrected chi connectivity index (χ2v) is 9.98. The Labute approximate surface area is 200 Å². The first kappa shape index (κ1) is 24.4. The van der Waals surface area contributed by atoms with Crippen molar-refractivity contribution >= 4 is 44.0 Å². The van der Waals surface area contributed by atoms with E-state index in [1.807, 2.05) is 29.7 Å². The largest absolute Gasteiger partial charge is 0.298 e. The predicted molar refractivity (Wildman–Crippen MR) is 126 cm³/mol. The van der Waals surface area contributed by atoms with Gasteiger partial charge in [0.2, 0.25) is 10.0 Å². The molecule has 0 aliphatic carbocycles. The molecule has 0 bridgehead atoms. The standard InChI is InChI=1S/C22H18ClN5O3S2/c23-18-7-3-16(4-8-18)20-15-32-22(26-20)27-21(29)17-5-9-19(10-6-17)33(30,31)28(13-1-11-24)14-2-12-25/h3-10,15H,1-2,13-14H2,(H,26,27,29). The van der Waals surface area contributed by atoms with Crippen LogP contribution in [0, 0.1) is 22.7 Å². The fraction of sp³-hybridized carbons (Fsp3) is 0.182. The first-order valence-electron chi connectivity index (χ1n) is 9.72. The van der Waals surface area contributed by atoms with Crippen LogP contribution in [0.5, 0.6) is 0 Å². The maximum absolute atomic E-state index is 12.9. The number of benzene rings is 2. The van der Waals surface area contributed by atoms with Crippen molar-refractivity contribution in [1.82, 2.24) is 9.29 Å². The van der Waals surface area contributed by atoms with Crippen molar-refractivity contribution in [2.45, 2.75) is 17.7 Å². The first-order valence-corrected chi connectivity index (χ1v) is 12.4. The van der Waals surface area contributed by atoms with Crippen LogP contribution in [0.3, 0.4) is 0 Å². The summed E-state index contributed by atoms with van der Waals surface area (Å²) in [5.41, 5.74) is 1.82. The third-order valence-electron chi connectivity index (χ3n) is 4.56. The lowest BCUT2D eigenvalue weighted by molar-refractivity contribution is 0.102. The molecule has 0 spiro atoms. The van der Waals surface area contributed by atoms with Gasteiger partial charge in [-0.2, -0.15) is 14.8 Å². The van der Waals surface area contributed by atoms with Crippen molar-refractivity contribution in [2.75, 3.05) is 18.4 Å². The number of rotatable bonds is 9. The van der Waals surface area contributed by atoms with Crippen LogP contribution in [0.25, 0.3) is 11.3 Å². The number of nitriles is 2. The average Bonchev–Trinajstić information content (AvgIpc) is 3.28. The molecule has 0 aliphatic rings. The molecule has 0 fully saturated rings. The normalized spacial score (nSPS) is 11.0. The minimum absolute atomic E-state index is 0.0109. The number of aromatic nitrogens is 1. The molecule has 11 heteroatoms. The Morgan fingerprint density at radius 2 is 1.64 bits per heavy atom. The van der Waals surface area contributed by atoms with E-state index in [-0.39, 0.29) is 36.4 Å². The molecule has 1 N–H and O–H groups in total. The highest BCUT2D eigenvalue weighted by molar-refractivity contribution is 7.89. The topological polar surface area (TPSA) is 127 Å². The van der Waals surface area contributed by atoms with Gasteiger partial charge in [0.05, 0.1) is 22.7 Å². The summed E-state index contributed by atoms with van der Waals surface area (Å²) < 4.78 is 26.8. The van der Waals surface area contributed by atoms with E-state index >= 15 is 0 Å². The predicted octanol–water partition coefficient (Wildman–Crippen LogP) is 4.53. The van der Waals surface area contributed by atoms with Crippen LogP contribution in [0.2, 0.25) is 5.02 Å². The number of hydrogen-bond donors (Lipinski definition) is 1. The molecule has 0 unspecified atom stereocenters. The number of anilines is 1. The van der Waals surface area contributed by atoms with Gasteiger partial charge in [-0.15, -0.1) is 11.3 Å². The third-order valence-corrected chi connectivity index (χ3v) is 7.49. The molecule has 3 rings (SSSR count). The number of carbonyl (C=O) groups is 1. The quantitative estimate of drug-likeness (QED) is 0.460. The number of hydrogen-bond acceptors (Lipinski definition) is 7. The zero-order valence-corrected chi connectivity index (χ0v) is 19.6. The van der Waals surface area contributed by atoms with E-state index in [9.17, 15) is 13.2 Å². The smallest absolute Gasteiger partial charge is 0.257 e. The highest BCUT2D eigenvalue weighted by atomic mass is 35.5. The minimum atomic E-state index is -3.90. The minimum Gasteiger partial charge on any atom is -0.298 e. The van der Waals surface area contributed by atoms with E-state index in [0.717, 1.165) is 9.87 Å². The molecule has 8 nitrogen and oxygen atoms in total. The average molecular weight is 500 g/mol. The van der Waals surface area contributed by atoms with Crippen molar-refractivity contribution < 1.29 is 13.2 Å². The van der Waals surface area contributed by atoms with Gasteiger partial charge in [-0.05, 0) is 36.4 Å². The van der Waals surface area contributed by atoms with Crippen LogP contribution < -0.4 is 5.32 Å². The Balaban J connectivity index is 1.71. The summed E-state index contributed by atoms with van der Waals surface area (Å²) in [5, 5.41) is 23.1. The molecule has 1 amide bonds. The maximum atomic E-state index is 12.9. The van der Waals surface area contributed by atoms with Crippen molar-refractivity contribution in [2.24, 2.45) is 0 Å². The van der Waals surface area contributed by atoms with E-state index in [4.69, 9.17) is 22.1 Å². The molecule has 0 radical (unpaired) electrons. The van der Waals surface area contributed by atoms with Gasteiger partial charge in [0, 0.05) is 47.5 Å². The van der Waals surface area contributed by atoms with E-state index < -0.39 is 15.9 Å². The number of sulfonamides is 1. The molecular weight excluding hydrogens is 482 g/mol. The second-order valence-electron chi connectivity index (χ2n) is 6.74. The SMILES string of the molecule is N#CCCN(CCC#N)S(=O)(=O)c1ccc(C(=O)Nc2nc(-c3ccc(Cl)cc3)cs2)cc1. The fourth-order valence-electron chi connectivity index (χ4n) is 2.88. The second kappa shape index (κ2) is 11.0. The van der Waals surface area contributed by atoms with Crippen LogP contribution in [-0.4, -0.2) is 36.7 Å². The maximum Gasteiger partial charge on any atom is 0.257 e. The van der Waals surface area contributed by atoms with Gasteiger partial charge in [-0.1, -0.05) is 23.7 Å². The van der Waals surface area contributed by atoms with Crippen LogP contribution in [0.15, 0.2) is 58.8 Å². The van der Waals surface area contributed by atoms with Crippen molar-refractivity contribution in [3.05, 3.63) is 64.5 Å². The number of carbonyl (C=O) groups excluding carboxylic acids is 1. The Kier molecular flexibility index (Phi) is 8.15. The highest BCUT2D eigenvalue weighted by Gasteiger charge is 2.24. The Hall–Kier alpha value is -3.28. The van der Waals surface area contributed by atoms with Gasteiger partial charge in [0.25, 0.3) is 5.91 Å². The van der Waals surface area contributed by atoms with Gasteiger partial charge in [0.1, 0.15) is 0 Å². The number of halogens is 1. The van der Waals surface area contributed by atoms with Gasteiger partial charge in [-0.3, -0.25) is 10.1 Å². The van der Waals surface area contributed by atoms with Crippen LogP contribution in [-0.2, 0) is 10.0 Å². The van der Waals surface area contributed by atoms with Gasteiger partial charge >= 0.3 is 0 Å². The molecule has 3 aromatic rings. The lowest BCUT2D eigenvalue weighted by Crippen LogP contribution is -2.32. The summed E-state index contributed by atoms with van der Waals surface area (Å²) >= 11 is 7.17. The monoisotopic (exact) mass is 499 g/mol. The van der Waals surface area contributed by atoms with Gasteiger partial charge in [0.15, 0.2) is 5.13 Å². The summed E-state index contributed by atoms with van der Waals surface area (Å²) in [6, 6.07) is 16.5. The van der Waals surface area contributed by atoms with Crippen molar-refractivity contribution in [1.29, 1.82) is 10.5 Å². The summed E-state index contributed by atoms with van der Waals surface area (Å²) in [7, 11) is -3.90. The number of thiazole rings is 1. The van der Waals surface area contributed by atoms with E-state index in [2.05, 4.69) is 10.3 Å². The molecule has 1 aromatic heterocycles. The first-order chi connectivity index (χ1) is 15.8. The molecule has 0 saturated carbocycles. The Bertz CT molecular complexity index is 1290. The lowest BCUT2D eigenvalue weighted by Gasteiger charge is -2.20. The highest BCUT2D eigenvalue weighted by Crippen LogP contribution is 2.26. The molecule has 168 valence electrons. The number of nitrogens with zero attached hydrogens (tertiary/aromatic N) is 4. The van der Waals surface area contributed by atoms with Gasteiger partial charge < -0.3 is 0 Å². The van der Waals surface area contributed by atoms with Gasteiger partial charge in [-0.25, -0.2) is 13.4 Å². The van der Waals surface area contributed by atoms with Crippen LogP contribution in [0.1, 0.15) is 23.2 Å². The molecule has 33 heavy (non-hydrogen) atoms. The zero-order valence-electron chi connectivity index (χ0n) is 17.2. The van der Waals surface area contributed by atoms with Crippen LogP contribution >= 0.6 is 22.9 Å². The zero-order chi connectivity index (χ0) is 23.8. The molecule has 2 aromatic carbocycles. The van der Waals surface area contributed by atoms with E-state index in [1.165, 1.54) is 35.6 Å². The van der Waals surface area contributed by atoms with Crippen molar-refractivity contribution in [3.63, 3.8) is 0 Å². The van der Waals surface area contributed by atoms with E-state index in [1.54, 1.807) is 12.1 Å². The van der Waals surface area contributed by atoms with Crippen LogP contribution in [0.4, 0.5) is 5.13 Å². The fourth-order valence-corrected chi connectivity index (χ4v) is 5.16. The summed E-state index contributed by atoms with van der Waals surface area (Å²) in [6.07, 6.45) is 0.0218. The van der Waals surface area contributed by atoms with Crippen molar-refractivity contribution in [3.8, 4) is 23.4 Å². The summed E-state index contributed by atoms with van der Waals surface area (Å²) in [4.78, 5) is 17.0. The van der Waals surface area contributed by atoms with E-state index in [0.29, 0.717) is 15.8 Å². The summed E-state index contributed by atoms with van der Waals surface area (Å²) in [6.45, 7) is -0.0223. The number of amides is 1. The number of nitrogens with one attached hydrogen (secondary N) is 1. The Morgan fingerprint density at radius 3 is 2.21 bits per heavy atom. The lowest BCUT2D eigenvalue weighted by atomic mass is 10.2. The molecule has 0 saturated heterocycles. The Morgan fingerprint density at radius 1 is 1.03 bits per heavy atom. The molecule has 0 atom stereocenters.